The molecule has 110 valence electrons. The molecule has 1 N–H and O–H groups in total. The molecule has 0 aliphatic rings. The largest absolute Gasteiger partial charge is 0.346 e. The number of benzene rings is 1. The molecule has 0 aliphatic heterocycles. The molecular weight excluding hydrogens is 260 g/mol. The van der Waals surface area contributed by atoms with Gasteiger partial charge in [-0.05, 0) is 30.7 Å². The van der Waals surface area contributed by atoms with Gasteiger partial charge in [0, 0.05) is 49.1 Å². The molecule has 21 heavy (non-hydrogen) atoms. The predicted octanol–water partition coefficient (Wildman–Crippen LogP) is 3.04. The fraction of sp³-hybridized carbons (Fsp3) is 0.353. The first-order valence-electron chi connectivity index (χ1n) is 7.61. The average molecular weight is 282 g/mol. The first-order chi connectivity index (χ1) is 10.4. The maximum absolute atomic E-state index is 4.09. The van der Waals surface area contributed by atoms with Crippen LogP contribution in [0.25, 0.3) is 10.9 Å². The van der Waals surface area contributed by atoms with Crippen molar-refractivity contribution in [2.75, 3.05) is 6.54 Å². The van der Waals surface area contributed by atoms with Gasteiger partial charge in [-0.2, -0.15) is 0 Å². The van der Waals surface area contributed by atoms with Gasteiger partial charge in [0.05, 0.1) is 6.33 Å². The van der Waals surface area contributed by atoms with Crippen LogP contribution < -0.4 is 5.32 Å². The molecule has 0 fully saturated rings. The van der Waals surface area contributed by atoms with Crippen molar-refractivity contribution in [3.8, 4) is 0 Å². The molecule has 0 radical (unpaired) electrons. The Labute approximate surface area is 125 Å². The normalized spacial score (nSPS) is 11.3. The van der Waals surface area contributed by atoms with Crippen LogP contribution in [0.1, 0.15) is 18.9 Å². The van der Waals surface area contributed by atoms with Gasteiger partial charge in [0.25, 0.3) is 0 Å². The van der Waals surface area contributed by atoms with Gasteiger partial charge in [-0.15, -0.1) is 0 Å². The zero-order valence-corrected chi connectivity index (χ0v) is 12.5. The minimum atomic E-state index is 0.941. The van der Waals surface area contributed by atoms with Crippen molar-refractivity contribution in [3.63, 3.8) is 0 Å². The highest BCUT2D eigenvalue weighted by molar-refractivity contribution is 5.83. The van der Waals surface area contributed by atoms with Crippen molar-refractivity contribution >= 4 is 10.9 Å². The van der Waals surface area contributed by atoms with Crippen LogP contribution in [0.2, 0.25) is 0 Å². The summed E-state index contributed by atoms with van der Waals surface area (Å²) in [5, 5.41) is 4.84. The Morgan fingerprint density at radius 2 is 2.10 bits per heavy atom. The molecule has 3 aromatic rings. The van der Waals surface area contributed by atoms with Crippen LogP contribution in [0.15, 0.2) is 49.2 Å². The van der Waals surface area contributed by atoms with Crippen LogP contribution in [0.3, 0.4) is 0 Å². The van der Waals surface area contributed by atoms with E-state index >= 15 is 0 Å². The van der Waals surface area contributed by atoms with Gasteiger partial charge in [0.1, 0.15) is 0 Å². The minimum absolute atomic E-state index is 0.941. The van der Waals surface area contributed by atoms with Gasteiger partial charge in [0.2, 0.25) is 0 Å². The molecule has 2 aromatic heterocycles. The molecule has 0 amide bonds. The topological polar surface area (TPSA) is 34.8 Å². The summed E-state index contributed by atoms with van der Waals surface area (Å²) in [6, 6.07) is 8.79. The van der Waals surface area contributed by atoms with Crippen LogP contribution in [0.5, 0.6) is 0 Å². The molecular formula is C17H22N4. The van der Waals surface area contributed by atoms with E-state index in [0.29, 0.717) is 0 Å². The molecule has 4 nitrogen and oxygen atoms in total. The van der Waals surface area contributed by atoms with Gasteiger partial charge < -0.3 is 14.5 Å². The molecule has 1 aromatic carbocycles. The van der Waals surface area contributed by atoms with E-state index in [0.717, 1.165) is 26.2 Å². The second-order valence-corrected chi connectivity index (χ2v) is 5.34. The van der Waals surface area contributed by atoms with Crippen molar-refractivity contribution < 1.29 is 0 Å². The fourth-order valence-corrected chi connectivity index (χ4v) is 2.68. The van der Waals surface area contributed by atoms with Crippen molar-refractivity contribution in [2.45, 2.75) is 33.0 Å². The maximum Gasteiger partial charge on any atom is 0.0946 e. The number of hydrogen-bond acceptors (Lipinski definition) is 2. The molecule has 0 saturated carbocycles. The SMILES string of the molecule is CCCNCc1cccc2c1ccn2CCn1ccnc1. The Hall–Kier alpha value is -2.07. The summed E-state index contributed by atoms with van der Waals surface area (Å²) in [5.41, 5.74) is 2.69. The second-order valence-electron chi connectivity index (χ2n) is 5.34. The monoisotopic (exact) mass is 282 g/mol. The number of rotatable bonds is 7. The Kier molecular flexibility index (Phi) is 4.36. The van der Waals surface area contributed by atoms with E-state index in [2.05, 4.69) is 56.8 Å². The predicted molar refractivity (Wildman–Crippen MR) is 86.2 cm³/mol. The number of nitrogens with one attached hydrogen (secondary N) is 1. The Balaban J connectivity index is 1.76. The number of aryl methyl sites for hydroxylation is 2. The Morgan fingerprint density at radius 1 is 1.14 bits per heavy atom. The van der Waals surface area contributed by atoms with E-state index in [1.54, 1.807) is 0 Å². The minimum Gasteiger partial charge on any atom is -0.346 e. The molecule has 0 bridgehead atoms. The number of imidazole rings is 1. The van der Waals surface area contributed by atoms with Gasteiger partial charge in [-0.25, -0.2) is 4.98 Å². The third-order valence-electron chi connectivity index (χ3n) is 3.80. The van der Waals surface area contributed by atoms with Crippen molar-refractivity contribution in [2.24, 2.45) is 0 Å². The van der Waals surface area contributed by atoms with E-state index < -0.39 is 0 Å². The summed E-state index contributed by atoms with van der Waals surface area (Å²) in [6.45, 7) is 6.11. The molecule has 0 aliphatic carbocycles. The standard InChI is InChI=1S/C17H22N4/c1-2-7-18-13-15-4-3-5-17-16(15)6-9-21(17)12-11-20-10-8-19-14-20/h3-6,8-10,14,18H,2,7,11-13H2,1H3. The number of nitrogens with zero attached hydrogens (tertiary/aromatic N) is 3. The van der Waals surface area contributed by atoms with E-state index in [-0.39, 0.29) is 0 Å². The van der Waals surface area contributed by atoms with Crippen molar-refractivity contribution in [3.05, 3.63) is 54.7 Å². The quantitative estimate of drug-likeness (QED) is 0.676. The zero-order chi connectivity index (χ0) is 14.5. The summed E-state index contributed by atoms with van der Waals surface area (Å²) in [7, 11) is 0. The fourth-order valence-electron chi connectivity index (χ4n) is 2.68. The summed E-state index contributed by atoms with van der Waals surface area (Å²) < 4.78 is 4.43. The lowest BCUT2D eigenvalue weighted by molar-refractivity contribution is 0.592. The van der Waals surface area contributed by atoms with E-state index in [1.807, 2.05) is 18.7 Å². The highest BCUT2D eigenvalue weighted by atomic mass is 15.1. The average Bonchev–Trinajstić information content (AvgIpc) is 3.15. The molecule has 0 saturated heterocycles. The summed E-state index contributed by atoms with van der Waals surface area (Å²) >= 11 is 0. The summed E-state index contributed by atoms with van der Waals surface area (Å²) in [4.78, 5) is 4.09. The van der Waals surface area contributed by atoms with Crippen LogP contribution in [0, 0.1) is 0 Å². The van der Waals surface area contributed by atoms with Gasteiger partial charge in [-0.1, -0.05) is 19.1 Å². The lowest BCUT2D eigenvalue weighted by Gasteiger charge is -2.08. The smallest absolute Gasteiger partial charge is 0.0946 e. The molecule has 4 heteroatoms. The van der Waals surface area contributed by atoms with Crippen LogP contribution in [-0.2, 0) is 19.6 Å². The van der Waals surface area contributed by atoms with E-state index in [9.17, 15) is 0 Å². The van der Waals surface area contributed by atoms with Gasteiger partial charge >= 0.3 is 0 Å². The molecule has 3 rings (SSSR count). The first-order valence-corrected chi connectivity index (χ1v) is 7.61. The highest BCUT2D eigenvalue weighted by Gasteiger charge is 2.05. The van der Waals surface area contributed by atoms with Crippen LogP contribution in [-0.4, -0.2) is 20.7 Å². The lowest BCUT2D eigenvalue weighted by Crippen LogP contribution is -2.13. The van der Waals surface area contributed by atoms with Crippen LogP contribution in [0.4, 0.5) is 0 Å². The second kappa shape index (κ2) is 6.59. The number of hydrogen-bond donors (Lipinski definition) is 1. The highest BCUT2D eigenvalue weighted by Crippen LogP contribution is 2.20. The number of aromatic nitrogens is 3. The van der Waals surface area contributed by atoms with E-state index in [4.69, 9.17) is 0 Å². The first kappa shape index (κ1) is 13.9. The summed E-state index contributed by atoms with van der Waals surface area (Å²) in [5.74, 6) is 0. The number of fused-ring (bicyclic) bond motifs is 1. The van der Waals surface area contributed by atoms with Crippen molar-refractivity contribution in [1.29, 1.82) is 0 Å². The third kappa shape index (κ3) is 3.16. The third-order valence-corrected chi connectivity index (χ3v) is 3.80. The van der Waals surface area contributed by atoms with E-state index in [1.165, 1.54) is 22.9 Å². The molecule has 0 spiro atoms. The Morgan fingerprint density at radius 3 is 2.90 bits per heavy atom. The Bertz CT molecular complexity index is 682. The zero-order valence-electron chi connectivity index (χ0n) is 12.5. The maximum atomic E-state index is 4.09. The molecule has 0 atom stereocenters. The van der Waals surface area contributed by atoms with Gasteiger partial charge in [0.15, 0.2) is 0 Å². The molecule has 2 heterocycles. The van der Waals surface area contributed by atoms with Gasteiger partial charge in [-0.3, -0.25) is 0 Å². The molecule has 0 unspecified atom stereocenters. The van der Waals surface area contributed by atoms with Crippen molar-refractivity contribution in [1.82, 2.24) is 19.4 Å². The summed E-state index contributed by atoms with van der Waals surface area (Å²) in [6.07, 6.45) is 9.05. The lowest BCUT2D eigenvalue weighted by atomic mass is 10.1. The van der Waals surface area contributed by atoms with Crippen LogP contribution >= 0.6 is 0 Å².